The third-order valence-corrected chi connectivity index (χ3v) is 2.35. The van der Waals surface area contributed by atoms with Gasteiger partial charge in [-0.2, -0.15) is 4.98 Å². The van der Waals surface area contributed by atoms with Crippen LogP contribution < -0.4 is 0 Å². The first-order valence-electron chi connectivity index (χ1n) is 5.35. The number of aryl methyl sites for hydroxylation is 1. The lowest BCUT2D eigenvalue weighted by Crippen LogP contribution is -2.18. The van der Waals surface area contributed by atoms with Gasteiger partial charge in [0.05, 0.1) is 6.54 Å². The normalized spacial score (nSPS) is 11.1. The average Bonchev–Trinajstić information content (AvgIpc) is 2.67. The predicted octanol–water partition coefficient (Wildman–Crippen LogP) is 2.15. The fourth-order valence-corrected chi connectivity index (χ4v) is 1.60. The highest BCUT2D eigenvalue weighted by molar-refractivity contribution is 5.15. The van der Waals surface area contributed by atoms with E-state index in [0.29, 0.717) is 24.8 Å². The Morgan fingerprint density at radius 1 is 1.24 bits per heavy atom. The largest absolute Gasteiger partial charge is 0.340 e. The molecule has 0 bridgehead atoms. The Labute approximate surface area is 99.1 Å². The fourth-order valence-electron chi connectivity index (χ4n) is 1.60. The summed E-state index contributed by atoms with van der Waals surface area (Å²) in [5, 5.41) is 3.82. The van der Waals surface area contributed by atoms with Gasteiger partial charge in [0.1, 0.15) is 5.82 Å². The summed E-state index contributed by atoms with van der Waals surface area (Å²) in [6.45, 7) is 3.08. The molecule has 0 spiro atoms. The van der Waals surface area contributed by atoms with Crippen molar-refractivity contribution >= 4 is 0 Å². The maximum Gasteiger partial charge on any atom is 0.223 e. The minimum atomic E-state index is -0.217. The van der Waals surface area contributed by atoms with E-state index in [4.69, 9.17) is 4.52 Å². The summed E-state index contributed by atoms with van der Waals surface area (Å²) < 4.78 is 17.6. The molecule has 0 unspecified atom stereocenters. The summed E-state index contributed by atoms with van der Waals surface area (Å²) >= 11 is 0. The van der Waals surface area contributed by atoms with E-state index in [0.717, 1.165) is 5.56 Å². The molecule has 0 atom stereocenters. The molecule has 90 valence electrons. The maximum atomic E-state index is 12.7. The molecule has 17 heavy (non-hydrogen) atoms. The molecule has 2 rings (SSSR count). The Balaban J connectivity index is 1.93. The van der Waals surface area contributed by atoms with E-state index in [1.54, 1.807) is 19.1 Å². The zero-order chi connectivity index (χ0) is 12.3. The van der Waals surface area contributed by atoms with Crippen molar-refractivity contribution in [3.05, 3.63) is 47.4 Å². The van der Waals surface area contributed by atoms with Crippen molar-refractivity contribution < 1.29 is 8.91 Å². The molecule has 1 aromatic carbocycles. The van der Waals surface area contributed by atoms with Crippen LogP contribution in [-0.2, 0) is 13.1 Å². The van der Waals surface area contributed by atoms with Gasteiger partial charge >= 0.3 is 0 Å². The maximum absolute atomic E-state index is 12.7. The number of aromatic nitrogens is 2. The molecule has 0 saturated heterocycles. The summed E-state index contributed by atoms with van der Waals surface area (Å²) in [4.78, 5) is 6.17. The van der Waals surface area contributed by atoms with Crippen LogP contribution in [0.4, 0.5) is 4.39 Å². The molecule has 0 aliphatic rings. The number of hydrogen-bond donors (Lipinski definition) is 0. The van der Waals surface area contributed by atoms with Crippen molar-refractivity contribution in [2.45, 2.75) is 20.0 Å². The molecule has 4 nitrogen and oxygen atoms in total. The molecule has 0 aliphatic carbocycles. The lowest BCUT2D eigenvalue weighted by molar-refractivity contribution is 0.300. The van der Waals surface area contributed by atoms with E-state index in [1.165, 1.54) is 12.1 Å². The lowest BCUT2D eigenvalue weighted by atomic mass is 10.2. The summed E-state index contributed by atoms with van der Waals surface area (Å²) in [5.74, 6) is 1.01. The second-order valence-electron chi connectivity index (χ2n) is 4.03. The first kappa shape index (κ1) is 11.7. The Morgan fingerprint density at radius 2 is 1.94 bits per heavy atom. The SMILES string of the molecule is Cc1nc(CN(C)Cc2ccc(F)cc2)no1. The molecule has 0 aliphatic heterocycles. The molecule has 0 radical (unpaired) electrons. The van der Waals surface area contributed by atoms with Gasteiger partial charge in [0, 0.05) is 13.5 Å². The van der Waals surface area contributed by atoms with E-state index >= 15 is 0 Å². The summed E-state index contributed by atoms with van der Waals surface area (Å²) in [5.41, 5.74) is 1.05. The van der Waals surface area contributed by atoms with Crippen LogP contribution >= 0.6 is 0 Å². The number of halogens is 1. The van der Waals surface area contributed by atoms with Gasteiger partial charge in [-0.25, -0.2) is 4.39 Å². The standard InChI is InChI=1S/C12H14FN3O/c1-9-14-12(15-17-9)8-16(2)7-10-3-5-11(13)6-4-10/h3-6H,7-8H2,1-2H3. The van der Waals surface area contributed by atoms with Gasteiger partial charge in [0.2, 0.25) is 5.89 Å². The van der Waals surface area contributed by atoms with Crippen molar-refractivity contribution in [3.8, 4) is 0 Å². The van der Waals surface area contributed by atoms with Gasteiger partial charge in [-0.15, -0.1) is 0 Å². The van der Waals surface area contributed by atoms with Crippen LogP contribution in [0.3, 0.4) is 0 Å². The Morgan fingerprint density at radius 3 is 2.53 bits per heavy atom. The quantitative estimate of drug-likeness (QED) is 0.814. The van der Waals surface area contributed by atoms with Crippen LogP contribution in [-0.4, -0.2) is 22.1 Å². The van der Waals surface area contributed by atoms with Crippen molar-refractivity contribution in [1.82, 2.24) is 15.0 Å². The van der Waals surface area contributed by atoms with Gasteiger partial charge < -0.3 is 4.52 Å². The molecule has 0 amide bonds. The van der Waals surface area contributed by atoms with Crippen molar-refractivity contribution in [1.29, 1.82) is 0 Å². The van der Waals surface area contributed by atoms with Crippen LogP contribution in [0.25, 0.3) is 0 Å². The zero-order valence-corrected chi connectivity index (χ0v) is 9.85. The zero-order valence-electron chi connectivity index (χ0n) is 9.85. The van der Waals surface area contributed by atoms with Gasteiger partial charge in [-0.1, -0.05) is 17.3 Å². The highest BCUT2D eigenvalue weighted by Crippen LogP contribution is 2.07. The Bertz CT molecular complexity index is 481. The molecule has 0 saturated carbocycles. The monoisotopic (exact) mass is 235 g/mol. The molecule has 2 aromatic rings. The van der Waals surface area contributed by atoms with Crippen molar-refractivity contribution in [2.75, 3.05) is 7.05 Å². The average molecular weight is 235 g/mol. The molecular formula is C12H14FN3O. The molecule has 0 N–H and O–H groups in total. The highest BCUT2D eigenvalue weighted by Gasteiger charge is 2.06. The minimum absolute atomic E-state index is 0.217. The van der Waals surface area contributed by atoms with E-state index in [1.807, 2.05) is 11.9 Å². The van der Waals surface area contributed by atoms with Crippen molar-refractivity contribution in [2.24, 2.45) is 0 Å². The number of benzene rings is 1. The molecule has 1 heterocycles. The second kappa shape index (κ2) is 5.05. The molecule has 0 fully saturated rings. The smallest absolute Gasteiger partial charge is 0.223 e. The fraction of sp³-hybridized carbons (Fsp3) is 0.333. The summed E-state index contributed by atoms with van der Waals surface area (Å²) in [6.07, 6.45) is 0. The molecule has 1 aromatic heterocycles. The van der Waals surface area contributed by atoms with Gasteiger partial charge in [0.15, 0.2) is 5.82 Å². The van der Waals surface area contributed by atoms with E-state index in [-0.39, 0.29) is 5.82 Å². The van der Waals surface area contributed by atoms with Gasteiger partial charge in [-0.05, 0) is 24.7 Å². The Kier molecular flexibility index (Phi) is 3.49. The van der Waals surface area contributed by atoms with Crippen molar-refractivity contribution in [3.63, 3.8) is 0 Å². The second-order valence-corrected chi connectivity index (χ2v) is 4.03. The van der Waals surface area contributed by atoms with E-state index in [2.05, 4.69) is 10.1 Å². The van der Waals surface area contributed by atoms with Crippen LogP contribution in [0.5, 0.6) is 0 Å². The Hall–Kier alpha value is -1.75. The third kappa shape index (κ3) is 3.35. The topological polar surface area (TPSA) is 42.2 Å². The van der Waals surface area contributed by atoms with E-state index in [9.17, 15) is 4.39 Å². The van der Waals surface area contributed by atoms with Crippen LogP contribution in [0, 0.1) is 12.7 Å². The summed E-state index contributed by atoms with van der Waals surface area (Å²) in [7, 11) is 1.95. The lowest BCUT2D eigenvalue weighted by Gasteiger charge is -2.14. The molecule has 5 heteroatoms. The highest BCUT2D eigenvalue weighted by atomic mass is 19.1. The summed E-state index contributed by atoms with van der Waals surface area (Å²) in [6, 6.07) is 6.46. The first-order valence-corrected chi connectivity index (χ1v) is 5.35. The first-order chi connectivity index (χ1) is 8.13. The predicted molar refractivity (Wildman–Crippen MR) is 60.6 cm³/mol. The van der Waals surface area contributed by atoms with Crippen LogP contribution in [0.15, 0.2) is 28.8 Å². The van der Waals surface area contributed by atoms with Crippen LogP contribution in [0.1, 0.15) is 17.3 Å². The van der Waals surface area contributed by atoms with Gasteiger partial charge in [-0.3, -0.25) is 4.90 Å². The minimum Gasteiger partial charge on any atom is -0.340 e. The number of hydrogen-bond acceptors (Lipinski definition) is 4. The number of nitrogens with zero attached hydrogens (tertiary/aromatic N) is 3. The van der Waals surface area contributed by atoms with E-state index < -0.39 is 0 Å². The van der Waals surface area contributed by atoms with Gasteiger partial charge in [0.25, 0.3) is 0 Å². The third-order valence-electron chi connectivity index (χ3n) is 2.35. The number of rotatable bonds is 4. The molecular weight excluding hydrogens is 221 g/mol. The van der Waals surface area contributed by atoms with Crippen LogP contribution in [0.2, 0.25) is 0 Å².